The number of rotatable bonds is 4. The van der Waals surface area contributed by atoms with Crippen LogP contribution in [0.5, 0.6) is 0 Å². The van der Waals surface area contributed by atoms with Gasteiger partial charge in [0.25, 0.3) is 0 Å². The largest absolute Gasteiger partial charge is 0.356 e. The predicted molar refractivity (Wildman–Crippen MR) is 86.4 cm³/mol. The third kappa shape index (κ3) is 2.84. The molecule has 3 rings (SSSR count). The van der Waals surface area contributed by atoms with Crippen molar-refractivity contribution in [2.45, 2.75) is 58.8 Å². The Morgan fingerprint density at radius 1 is 1.29 bits per heavy atom. The number of anilines is 2. The molecule has 116 valence electrons. The molecule has 2 aliphatic rings. The summed E-state index contributed by atoms with van der Waals surface area (Å²) in [6.45, 7) is 8.92. The summed E-state index contributed by atoms with van der Waals surface area (Å²) in [7, 11) is 0. The normalized spacial score (nSPS) is 21.4. The van der Waals surface area contributed by atoms with Crippen LogP contribution in [0.15, 0.2) is 0 Å². The van der Waals surface area contributed by atoms with Gasteiger partial charge in [0.2, 0.25) is 0 Å². The van der Waals surface area contributed by atoms with E-state index in [0.29, 0.717) is 11.3 Å². The molecule has 5 nitrogen and oxygen atoms in total. The summed E-state index contributed by atoms with van der Waals surface area (Å²) in [6, 6.07) is 0. The van der Waals surface area contributed by atoms with Gasteiger partial charge in [-0.1, -0.05) is 20.3 Å². The van der Waals surface area contributed by atoms with Gasteiger partial charge in [0.1, 0.15) is 17.5 Å². The Morgan fingerprint density at radius 2 is 1.95 bits per heavy atom. The first kappa shape index (κ1) is 14.6. The molecule has 5 heteroatoms. The summed E-state index contributed by atoms with van der Waals surface area (Å²) in [5, 5.41) is 0. The van der Waals surface area contributed by atoms with Gasteiger partial charge in [-0.2, -0.15) is 0 Å². The van der Waals surface area contributed by atoms with Gasteiger partial charge >= 0.3 is 0 Å². The molecular formula is C16H27N5. The molecule has 0 atom stereocenters. The lowest BCUT2D eigenvalue weighted by molar-refractivity contribution is 0.237. The highest BCUT2D eigenvalue weighted by molar-refractivity contribution is 5.58. The zero-order chi connectivity index (χ0) is 15.0. The molecule has 0 aromatic carbocycles. The van der Waals surface area contributed by atoms with Crippen LogP contribution in [-0.4, -0.2) is 23.1 Å². The summed E-state index contributed by atoms with van der Waals surface area (Å²) in [5.74, 6) is 9.02. The molecule has 0 spiro atoms. The molecule has 21 heavy (non-hydrogen) atoms. The number of nitrogens with zero attached hydrogens (tertiary/aromatic N) is 3. The zero-order valence-corrected chi connectivity index (χ0v) is 13.4. The van der Waals surface area contributed by atoms with E-state index >= 15 is 0 Å². The Labute approximate surface area is 127 Å². The highest BCUT2D eigenvalue weighted by atomic mass is 15.3. The molecule has 1 aromatic heterocycles. The number of nitrogens with one attached hydrogen (secondary N) is 1. The van der Waals surface area contributed by atoms with Gasteiger partial charge in [-0.3, -0.25) is 0 Å². The van der Waals surface area contributed by atoms with Gasteiger partial charge in [-0.05, 0) is 38.0 Å². The number of hydrazine groups is 1. The molecule has 1 aliphatic heterocycles. The molecule has 2 fully saturated rings. The van der Waals surface area contributed by atoms with Crippen molar-refractivity contribution >= 4 is 11.6 Å². The first-order chi connectivity index (χ1) is 10.1. The van der Waals surface area contributed by atoms with Gasteiger partial charge in [-0.15, -0.1) is 0 Å². The van der Waals surface area contributed by atoms with Gasteiger partial charge in [-0.25, -0.2) is 15.8 Å². The predicted octanol–water partition coefficient (Wildman–Crippen LogP) is 2.96. The third-order valence-electron chi connectivity index (χ3n) is 5.34. The maximum absolute atomic E-state index is 5.64. The number of hydrogen-bond donors (Lipinski definition) is 2. The van der Waals surface area contributed by atoms with E-state index in [1.54, 1.807) is 0 Å². The van der Waals surface area contributed by atoms with Crippen molar-refractivity contribution < 1.29 is 0 Å². The average molecular weight is 289 g/mol. The number of hydrogen-bond acceptors (Lipinski definition) is 5. The van der Waals surface area contributed by atoms with Crippen molar-refractivity contribution in [3.63, 3.8) is 0 Å². The average Bonchev–Trinajstić information content (AvgIpc) is 3.33. The first-order valence-electron chi connectivity index (χ1n) is 8.16. The molecule has 1 aliphatic carbocycles. The minimum atomic E-state index is 0.492. The summed E-state index contributed by atoms with van der Waals surface area (Å²) in [6.07, 6.45) is 6.14. The molecular weight excluding hydrogens is 262 g/mol. The minimum absolute atomic E-state index is 0.492. The van der Waals surface area contributed by atoms with Crippen LogP contribution in [0, 0.1) is 12.3 Å². The van der Waals surface area contributed by atoms with Crippen molar-refractivity contribution in [1.29, 1.82) is 0 Å². The Hall–Kier alpha value is -1.36. The molecule has 3 N–H and O–H groups in total. The number of piperidine rings is 1. The summed E-state index contributed by atoms with van der Waals surface area (Å²) >= 11 is 0. The Kier molecular flexibility index (Phi) is 3.78. The highest BCUT2D eigenvalue weighted by Crippen LogP contribution is 2.41. The topological polar surface area (TPSA) is 67.1 Å². The third-order valence-corrected chi connectivity index (χ3v) is 5.34. The summed E-state index contributed by atoms with van der Waals surface area (Å²) in [5.41, 5.74) is 4.31. The van der Waals surface area contributed by atoms with Crippen molar-refractivity contribution in [3.05, 3.63) is 11.4 Å². The number of nitrogens with two attached hydrogens (primary N) is 1. The molecule has 2 heterocycles. The lowest BCUT2D eigenvalue weighted by Gasteiger charge is -2.40. The Balaban J connectivity index is 1.86. The molecule has 1 aromatic rings. The van der Waals surface area contributed by atoms with Crippen molar-refractivity contribution in [2.24, 2.45) is 11.3 Å². The monoisotopic (exact) mass is 289 g/mol. The standard InChI is InChI=1S/C16H27N5/c1-4-16(3)7-9-21(10-8-16)15-11(2)13(20-17)18-14(19-15)12-5-6-12/h12H,4-10,17H2,1-3H3,(H,18,19,20). The zero-order valence-electron chi connectivity index (χ0n) is 13.4. The quantitative estimate of drug-likeness (QED) is 0.659. The Bertz CT molecular complexity index is 516. The van der Waals surface area contributed by atoms with Crippen LogP contribution in [0.2, 0.25) is 0 Å². The van der Waals surface area contributed by atoms with E-state index in [-0.39, 0.29) is 0 Å². The summed E-state index contributed by atoms with van der Waals surface area (Å²) < 4.78 is 0. The SMILES string of the molecule is CCC1(C)CCN(c2nc(C3CC3)nc(NN)c2C)CC1. The van der Waals surface area contributed by atoms with Crippen molar-refractivity contribution in [3.8, 4) is 0 Å². The fourth-order valence-electron chi connectivity index (χ4n) is 3.11. The molecule has 0 radical (unpaired) electrons. The number of nitrogen functional groups attached to an aromatic ring is 1. The van der Waals surface area contributed by atoms with Crippen molar-refractivity contribution in [2.75, 3.05) is 23.4 Å². The van der Waals surface area contributed by atoms with Gasteiger partial charge in [0.05, 0.1) is 0 Å². The van der Waals surface area contributed by atoms with E-state index in [0.717, 1.165) is 36.1 Å². The Morgan fingerprint density at radius 3 is 2.48 bits per heavy atom. The van der Waals surface area contributed by atoms with Crippen molar-refractivity contribution in [1.82, 2.24) is 9.97 Å². The van der Waals surface area contributed by atoms with E-state index in [2.05, 4.69) is 36.1 Å². The van der Waals surface area contributed by atoms with E-state index in [1.165, 1.54) is 32.1 Å². The second-order valence-corrected chi connectivity index (χ2v) is 6.95. The van der Waals surface area contributed by atoms with E-state index in [9.17, 15) is 0 Å². The molecule has 0 amide bonds. The molecule has 1 saturated heterocycles. The van der Waals surface area contributed by atoms with E-state index < -0.39 is 0 Å². The van der Waals surface area contributed by atoms with Crippen LogP contribution in [0.4, 0.5) is 11.6 Å². The molecule has 0 bridgehead atoms. The smallest absolute Gasteiger partial charge is 0.148 e. The van der Waals surface area contributed by atoms with Crippen LogP contribution < -0.4 is 16.2 Å². The van der Waals surface area contributed by atoms with Gasteiger partial charge < -0.3 is 10.3 Å². The fraction of sp³-hybridized carbons (Fsp3) is 0.750. The van der Waals surface area contributed by atoms with Crippen LogP contribution in [0.1, 0.15) is 63.3 Å². The van der Waals surface area contributed by atoms with Crippen LogP contribution in [0.25, 0.3) is 0 Å². The summed E-state index contributed by atoms with van der Waals surface area (Å²) in [4.78, 5) is 11.9. The van der Waals surface area contributed by atoms with E-state index in [4.69, 9.17) is 10.8 Å². The van der Waals surface area contributed by atoms with Crippen LogP contribution >= 0.6 is 0 Å². The second-order valence-electron chi connectivity index (χ2n) is 6.95. The van der Waals surface area contributed by atoms with Gasteiger partial charge in [0.15, 0.2) is 0 Å². The number of aromatic nitrogens is 2. The second kappa shape index (κ2) is 5.44. The van der Waals surface area contributed by atoms with E-state index in [1.807, 2.05) is 0 Å². The first-order valence-corrected chi connectivity index (χ1v) is 8.16. The maximum atomic E-state index is 5.64. The minimum Gasteiger partial charge on any atom is -0.356 e. The highest BCUT2D eigenvalue weighted by Gasteiger charge is 2.32. The van der Waals surface area contributed by atoms with Crippen LogP contribution in [-0.2, 0) is 0 Å². The van der Waals surface area contributed by atoms with Gasteiger partial charge in [0, 0.05) is 24.6 Å². The van der Waals surface area contributed by atoms with Crippen LogP contribution in [0.3, 0.4) is 0 Å². The maximum Gasteiger partial charge on any atom is 0.148 e. The lowest BCUT2D eigenvalue weighted by Crippen LogP contribution is -2.39. The molecule has 0 unspecified atom stereocenters. The lowest BCUT2D eigenvalue weighted by atomic mass is 9.78. The fourth-order valence-corrected chi connectivity index (χ4v) is 3.11. The molecule has 1 saturated carbocycles.